The maximum Gasteiger partial charge on any atom is 0.240 e. The van der Waals surface area contributed by atoms with Crippen molar-refractivity contribution < 1.29 is 8.42 Å². The summed E-state index contributed by atoms with van der Waals surface area (Å²) in [5.74, 6) is 0.783. The van der Waals surface area contributed by atoms with E-state index in [0.717, 1.165) is 18.8 Å². The Balaban J connectivity index is 1.85. The molecule has 1 aliphatic rings. The SMILES string of the molecule is Nc1ccc(S(=O)(=O)NCCCC2CCCC2)cc1Cl. The van der Waals surface area contributed by atoms with Gasteiger partial charge in [0.15, 0.2) is 0 Å². The highest BCUT2D eigenvalue weighted by atomic mass is 35.5. The van der Waals surface area contributed by atoms with E-state index in [2.05, 4.69) is 4.72 Å². The summed E-state index contributed by atoms with van der Waals surface area (Å²) in [6.07, 6.45) is 7.21. The lowest BCUT2D eigenvalue weighted by atomic mass is 10.0. The summed E-state index contributed by atoms with van der Waals surface area (Å²) in [7, 11) is -3.49. The van der Waals surface area contributed by atoms with E-state index in [0.29, 0.717) is 12.2 Å². The standard InChI is InChI=1S/C14H21ClN2O2S/c15-13-10-12(7-8-14(13)16)20(18,19)17-9-3-6-11-4-1-2-5-11/h7-8,10-11,17H,1-6,9,16H2. The Morgan fingerprint density at radius 2 is 2.00 bits per heavy atom. The van der Waals surface area contributed by atoms with Gasteiger partial charge < -0.3 is 5.73 Å². The molecule has 0 spiro atoms. The fraction of sp³-hybridized carbons (Fsp3) is 0.571. The van der Waals surface area contributed by atoms with Crippen LogP contribution in [-0.2, 0) is 10.0 Å². The first-order valence-corrected chi connectivity index (χ1v) is 8.90. The molecule has 2 rings (SSSR count). The zero-order valence-electron chi connectivity index (χ0n) is 11.4. The fourth-order valence-corrected chi connectivity index (χ4v) is 4.00. The third-order valence-corrected chi connectivity index (χ3v) is 5.62. The van der Waals surface area contributed by atoms with Crippen LogP contribution in [0, 0.1) is 5.92 Å². The molecule has 0 aliphatic heterocycles. The van der Waals surface area contributed by atoms with E-state index in [9.17, 15) is 8.42 Å². The number of anilines is 1. The molecule has 0 aromatic heterocycles. The molecule has 0 heterocycles. The molecule has 3 N–H and O–H groups in total. The summed E-state index contributed by atoms with van der Waals surface area (Å²) in [5.41, 5.74) is 5.96. The number of rotatable bonds is 6. The number of nitrogens with two attached hydrogens (primary N) is 1. The van der Waals surface area contributed by atoms with Crippen LogP contribution in [0.3, 0.4) is 0 Å². The topological polar surface area (TPSA) is 72.2 Å². The Hall–Kier alpha value is -0.780. The third kappa shape index (κ3) is 4.11. The Labute approximate surface area is 125 Å². The van der Waals surface area contributed by atoms with Crippen LogP contribution in [0.5, 0.6) is 0 Å². The highest BCUT2D eigenvalue weighted by Crippen LogP contribution is 2.28. The molecular formula is C14H21ClN2O2S. The van der Waals surface area contributed by atoms with Crippen LogP contribution in [0.1, 0.15) is 38.5 Å². The molecule has 4 nitrogen and oxygen atoms in total. The molecule has 0 radical (unpaired) electrons. The third-order valence-electron chi connectivity index (χ3n) is 3.84. The predicted molar refractivity (Wildman–Crippen MR) is 82.2 cm³/mol. The van der Waals surface area contributed by atoms with Crippen molar-refractivity contribution in [3.8, 4) is 0 Å². The summed E-state index contributed by atoms with van der Waals surface area (Å²) in [5, 5.41) is 0.263. The van der Waals surface area contributed by atoms with Crippen LogP contribution in [0.15, 0.2) is 23.1 Å². The summed E-state index contributed by atoms with van der Waals surface area (Å²) in [6, 6.07) is 4.37. The zero-order chi connectivity index (χ0) is 14.6. The fourth-order valence-electron chi connectivity index (χ4n) is 2.65. The van der Waals surface area contributed by atoms with Crippen molar-refractivity contribution >= 4 is 27.3 Å². The van der Waals surface area contributed by atoms with Gasteiger partial charge >= 0.3 is 0 Å². The molecule has 1 saturated carbocycles. The number of nitrogen functional groups attached to an aromatic ring is 1. The van der Waals surface area contributed by atoms with Gasteiger partial charge in [0.1, 0.15) is 0 Å². The maximum absolute atomic E-state index is 12.1. The van der Waals surface area contributed by atoms with Gasteiger partial charge in [0, 0.05) is 6.54 Å². The van der Waals surface area contributed by atoms with Crippen LogP contribution in [0.4, 0.5) is 5.69 Å². The highest BCUT2D eigenvalue weighted by molar-refractivity contribution is 7.89. The molecule has 0 saturated heterocycles. The Morgan fingerprint density at radius 1 is 1.30 bits per heavy atom. The van der Waals surface area contributed by atoms with Gasteiger partial charge in [-0.1, -0.05) is 37.3 Å². The molecule has 1 aromatic rings. The second kappa shape index (κ2) is 6.78. The first-order valence-electron chi connectivity index (χ1n) is 7.04. The minimum Gasteiger partial charge on any atom is -0.398 e. The number of hydrogen-bond donors (Lipinski definition) is 2. The van der Waals surface area contributed by atoms with Crippen LogP contribution in [0.2, 0.25) is 5.02 Å². The summed E-state index contributed by atoms with van der Waals surface area (Å²) < 4.78 is 26.8. The van der Waals surface area contributed by atoms with E-state index < -0.39 is 10.0 Å². The average molecular weight is 317 g/mol. The first kappa shape index (κ1) is 15.6. The molecule has 6 heteroatoms. The van der Waals surface area contributed by atoms with Gasteiger partial charge in [-0.3, -0.25) is 0 Å². The van der Waals surface area contributed by atoms with Crippen LogP contribution < -0.4 is 10.5 Å². The molecule has 1 aromatic carbocycles. The number of sulfonamides is 1. The average Bonchev–Trinajstić information content (AvgIpc) is 2.91. The van der Waals surface area contributed by atoms with Gasteiger partial charge in [-0.15, -0.1) is 0 Å². The van der Waals surface area contributed by atoms with Crippen molar-refractivity contribution in [2.24, 2.45) is 5.92 Å². The lowest BCUT2D eigenvalue weighted by Gasteiger charge is -2.10. The van der Waals surface area contributed by atoms with E-state index in [1.54, 1.807) is 0 Å². The van der Waals surface area contributed by atoms with Crippen molar-refractivity contribution in [2.75, 3.05) is 12.3 Å². The number of hydrogen-bond acceptors (Lipinski definition) is 3. The molecule has 1 fully saturated rings. The lowest BCUT2D eigenvalue weighted by molar-refractivity contribution is 0.480. The highest BCUT2D eigenvalue weighted by Gasteiger charge is 2.17. The van der Waals surface area contributed by atoms with Crippen molar-refractivity contribution in [1.29, 1.82) is 0 Å². The van der Waals surface area contributed by atoms with E-state index in [1.165, 1.54) is 43.9 Å². The predicted octanol–water partition coefficient (Wildman–Crippen LogP) is 3.17. The Kier molecular flexibility index (Phi) is 5.29. The first-order chi connectivity index (χ1) is 9.49. The quantitative estimate of drug-likeness (QED) is 0.625. The summed E-state index contributed by atoms with van der Waals surface area (Å²) >= 11 is 5.85. The number of halogens is 1. The van der Waals surface area contributed by atoms with Gasteiger partial charge in [-0.05, 0) is 37.0 Å². The minimum absolute atomic E-state index is 0.164. The number of nitrogens with one attached hydrogen (secondary N) is 1. The van der Waals surface area contributed by atoms with Crippen molar-refractivity contribution in [1.82, 2.24) is 4.72 Å². The normalized spacial score (nSPS) is 16.6. The van der Waals surface area contributed by atoms with Gasteiger partial charge in [0.05, 0.1) is 15.6 Å². The largest absolute Gasteiger partial charge is 0.398 e. The molecule has 0 bridgehead atoms. The maximum atomic E-state index is 12.1. The second-order valence-corrected chi connectivity index (χ2v) is 7.55. The summed E-state index contributed by atoms with van der Waals surface area (Å²) in [4.78, 5) is 0.164. The van der Waals surface area contributed by atoms with Crippen molar-refractivity contribution in [3.05, 3.63) is 23.2 Å². The lowest BCUT2D eigenvalue weighted by Crippen LogP contribution is -2.25. The minimum atomic E-state index is -3.49. The van der Waals surface area contributed by atoms with Gasteiger partial charge in [0.2, 0.25) is 10.0 Å². The van der Waals surface area contributed by atoms with Crippen LogP contribution in [0.25, 0.3) is 0 Å². The Bertz CT molecular complexity index is 554. The van der Waals surface area contributed by atoms with E-state index in [-0.39, 0.29) is 9.92 Å². The molecule has 1 aliphatic carbocycles. The van der Waals surface area contributed by atoms with E-state index in [1.807, 2.05) is 0 Å². The van der Waals surface area contributed by atoms with Crippen LogP contribution >= 0.6 is 11.6 Å². The molecule has 20 heavy (non-hydrogen) atoms. The Morgan fingerprint density at radius 3 is 2.65 bits per heavy atom. The number of benzene rings is 1. The smallest absolute Gasteiger partial charge is 0.240 e. The van der Waals surface area contributed by atoms with E-state index in [4.69, 9.17) is 17.3 Å². The molecular weight excluding hydrogens is 296 g/mol. The summed E-state index contributed by atoms with van der Waals surface area (Å²) in [6.45, 7) is 0.473. The van der Waals surface area contributed by atoms with E-state index >= 15 is 0 Å². The van der Waals surface area contributed by atoms with Gasteiger partial charge in [-0.2, -0.15) is 0 Å². The van der Waals surface area contributed by atoms with Crippen molar-refractivity contribution in [2.45, 2.75) is 43.4 Å². The second-order valence-electron chi connectivity index (χ2n) is 5.37. The van der Waals surface area contributed by atoms with Gasteiger partial charge in [-0.25, -0.2) is 13.1 Å². The zero-order valence-corrected chi connectivity index (χ0v) is 13.0. The molecule has 0 unspecified atom stereocenters. The molecule has 0 amide bonds. The van der Waals surface area contributed by atoms with Crippen molar-refractivity contribution in [3.63, 3.8) is 0 Å². The molecule has 112 valence electrons. The van der Waals surface area contributed by atoms with Crippen LogP contribution in [-0.4, -0.2) is 15.0 Å². The molecule has 0 atom stereocenters. The monoisotopic (exact) mass is 316 g/mol. The van der Waals surface area contributed by atoms with Gasteiger partial charge in [0.25, 0.3) is 0 Å².